The second kappa shape index (κ2) is 4.26. The van der Waals surface area contributed by atoms with E-state index in [9.17, 15) is 5.21 Å². The topological polar surface area (TPSA) is 39.3 Å². The number of nitrogens with one attached hydrogen (secondary N) is 1. The molecule has 1 aromatic heterocycles. The highest BCUT2D eigenvalue weighted by Gasteiger charge is 2.17. The number of aromatic amines is 1. The maximum Gasteiger partial charge on any atom is 0.0689 e. The third-order valence-electron chi connectivity index (χ3n) is 2.78. The Morgan fingerprint density at radius 1 is 1.38 bits per heavy atom. The van der Waals surface area contributed by atoms with Crippen LogP contribution in [0.2, 0.25) is 10.0 Å². The fourth-order valence-corrected chi connectivity index (χ4v) is 2.14. The molecule has 0 aliphatic heterocycles. The van der Waals surface area contributed by atoms with Crippen LogP contribution < -0.4 is 0 Å². The lowest BCUT2D eigenvalue weighted by Gasteiger charge is -2.17. The van der Waals surface area contributed by atoms with Crippen LogP contribution in [0, 0.1) is 0 Å². The van der Waals surface area contributed by atoms with Crippen molar-refractivity contribution in [3.63, 3.8) is 0 Å². The molecule has 2 rings (SSSR count). The van der Waals surface area contributed by atoms with Gasteiger partial charge in [-0.1, -0.05) is 23.2 Å². The minimum Gasteiger partial charge on any atom is -0.361 e. The van der Waals surface area contributed by atoms with Crippen molar-refractivity contribution < 1.29 is 5.21 Å². The van der Waals surface area contributed by atoms with E-state index in [4.69, 9.17) is 23.2 Å². The Kier molecular flexibility index (Phi) is 3.13. The van der Waals surface area contributed by atoms with Crippen LogP contribution in [0.4, 0.5) is 0 Å². The van der Waals surface area contributed by atoms with Gasteiger partial charge >= 0.3 is 0 Å². The molecule has 0 spiro atoms. The van der Waals surface area contributed by atoms with E-state index in [1.165, 1.54) is 0 Å². The van der Waals surface area contributed by atoms with Gasteiger partial charge in [-0.05, 0) is 24.6 Å². The van der Waals surface area contributed by atoms with Gasteiger partial charge in [0, 0.05) is 24.1 Å². The number of H-pyrrole nitrogens is 1. The molecular weight excluding hydrogens is 247 g/mol. The summed E-state index contributed by atoms with van der Waals surface area (Å²) in [5, 5.41) is 12.5. The summed E-state index contributed by atoms with van der Waals surface area (Å²) in [4.78, 5) is 3.11. The highest BCUT2D eigenvalue weighted by molar-refractivity contribution is 6.45. The maximum atomic E-state index is 9.46. The minimum atomic E-state index is -0.148. The average molecular weight is 259 g/mol. The molecular formula is C11H12Cl2N2O. The summed E-state index contributed by atoms with van der Waals surface area (Å²) in [5.74, 6) is 0. The summed E-state index contributed by atoms with van der Waals surface area (Å²) in [6.07, 6.45) is 1.84. The zero-order chi connectivity index (χ0) is 11.9. The standard InChI is InChI=1S/C11H12Cl2N2O/c1-6(15(2)16)7-5-14-9-4-3-8(12)11(13)10(7)9/h3-6,14,16H,1-2H3. The number of hydrogen-bond donors (Lipinski definition) is 2. The third-order valence-corrected chi connectivity index (χ3v) is 3.58. The summed E-state index contributed by atoms with van der Waals surface area (Å²) in [7, 11) is 1.60. The highest BCUT2D eigenvalue weighted by Crippen LogP contribution is 2.36. The van der Waals surface area contributed by atoms with E-state index in [1.807, 2.05) is 19.2 Å². The van der Waals surface area contributed by atoms with E-state index in [1.54, 1.807) is 13.1 Å². The van der Waals surface area contributed by atoms with Crippen molar-refractivity contribution in [1.29, 1.82) is 0 Å². The molecule has 16 heavy (non-hydrogen) atoms. The zero-order valence-electron chi connectivity index (χ0n) is 8.96. The lowest BCUT2D eigenvalue weighted by atomic mass is 10.1. The Morgan fingerprint density at radius 2 is 2.06 bits per heavy atom. The van der Waals surface area contributed by atoms with Gasteiger partial charge in [0.25, 0.3) is 0 Å². The number of nitrogens with zero attached hydrogens (tertiary/aromatic N) is 1. The predicted molar refractivity (Wildman–Crippen MR) is 66.3 cm³/mol. The average Bonchev–Trinajstić information content (AvgIpc) is 2.66. The molecule has 1 aromatic carbocycles. The van der Waals surface area contributed by atoms with E-state index in [-0.39, 0.29) is 6.04 Å². The van der Waals surface area contributed by atoms with Crippen molar-refractivity contribution in [2.45, 2.75) is 13.0 Å². The van der Waals surface area contributed by atoms with Crippen LogP contribution in [0.5, 0.6) is 0 Å². The van der Waals surface area contributed by atoms with Crippen molar-refractivity contribution in [2.75, 3.05) is 7.05 Å². The van der Waals surface area contributed by atoms with Crippen LogP contribution in [0.1, 0.15) is 18.5 Å². The molecule has 86 valence electrons. The molecule has 0 aliphatic carbocycles. The number of halogens is 2. The second-order valence-corrected chi connectivity index (χ2v) is 4.56. The second-order valence-electron chi connectivity index (χ2n) is 3.78. The van der Waals surface area contributed by atoms with Crippen molar-refractivity contribution in [3.05, 3.63) is 33.9 Å². The Labute approximate surface area is 104 Å². The number of hydroxylamine groups is 2. The SMILES string of the molecule is CC(c1c[nH]c2ccc(Cl)c(Cl)c12)N(C)O. The molecule has 2 N–H and O–H groups in total. The van der Waals surface area contributed by atoms with Crippen LogP contribution in [0.15, 0.2) is 18.3 Å². The van der Waals surface area contributed by atoms with E-state index in [0.29, 0.717) is 10.0 Å². The quantitative estimate of drug-likeness (QED) is 0.804. The van der Waals surface area contributed by atoms with Gasteiger partial charge in [-0.2, -0.15) is 5.06 Å². The van der Waals surface area contributed by atoms with Gasteiger partial charge in [-0.15, -0.1) is 0 Å². The normalized spacial score (nSPS) is 13.6. The lowest BCUT2D eigenvalue weighted by molar-refractivity contribution is -0.0980. The van der Waals surface area contributed by atoms with Gasteiger partial charge in [0.05, 0.1) is 16.1 Å². The number of aromatic nitrogens is 1. The minimum absolute atomic E-state index is 0.148. The first-order chi connectivity index (χ1) is 7.52. The van der Waals surface area contributed by atoms with Crippen LogP contribution in [-0.2, 0) is 0 Å². The molecule has 1 atom stereocenters. The highest BCUT2D eigenvalue weighted by atomic mass is 35.5. The van der Waals surface area contributed by atoms with Gasteiger partial charge in [0.2, 0.25) is 0 Å². The Bertz CT molecular complexity index is 522. The first-order valence-corrected chi connectivity index (χ1v) is 5.64. The van der Waals surface area contributed by atoms with Crippen molar-refractivity contribution in [3.8, 4) is 0 Å². The maximum absolute atomic E-state index is 9.46. The molecule has 1 heterocycles. The van der Waals surface area contributed by atoms with Crippen molar-refractivity contribution >= 4 is 34.1 Å². The van der Waals surface area contributed by atoms with Gasteiger partial charge in [0.1, 0.15) is 0 Å². The summed E-state index contributed by atoms with van der Waals surface area (Å²) < 4.78 is 0. The van der Waals surface area contributed by atoms with E-state index >= 15 is 0 Å². The number of benzene rings is 1. The van der Waals surface area contributed by atoms with Crippen molar-refractivity contribution in [1.82, 2.24) is 10.0 Å². The molecule has 0 aliphatic rings. The molecule has 0 saturated carbocycles. The fraction of sp³-hybridized carbons (Fsp3) is 0.273. The molecule has 0 fully saturated rings. The van der Waals surface area contributed by atoms with E-state index < -0.39 is 0 Å². The fourth-order valence-electron chi connectivity index (χ4n) is 1.71. The Balaban J connectivity index is 2.67. The molecule has 2 aromatic rings. The summed E-state index contributed by atoms with van der Waals surface area (Å²) >= 11 is 12.1. The smallest absolute Gasteiger partial charge is 0.0689 e. The first kappa shape index (κ1) is 11.7. The monoisotopic (exact) mass is 258 g/mol. The van der Waals surface area contributed by atoms with Crippen LogP contribution >= 0.6 is 23.2 Å². The third kappa shape index (κ3) is 1.80. The number of fused-ring (bicyclic) bond motifs is 1. The molecule has 0 saturated heterocycles. The molecule has 1 unspecified atom stereocenters. The van der Waals surface area contributed by atoms with Gasteiger partial charge in [0.15, 0.2) is 0 Å². The van der Waals surface area contributed by atoms with E-state index in [0.717, 1.165) is 21.5 Å². The Morgan fingerprint density at radius 3 is 2.69 bits per heavy atom. The number of rotatable bonds is 2. The molecule has 0 amide bonds. The molecule has 5 heteroatoms. The Hall–Kier alpha value is -0.740. The van der Waals surface area contributed by atoms with Crippen molar-refractivity contribution in [2.24, 2.45) is 0 Å². The zero-order valence-corrected chi connectivity index (χ0v) is 10.5. The summed E-state index contributed by atoms with van der Waals surface area (Å²) in [5.41, 5.74) is 1.84. The van der Waals surface area contributed by atoms with Gasteiger partial charge in [-0.25, -0.2) is 0 Å². The molecule has 0 bridgehead atoms. The summed E-state index contributed by atoms with van der Waals surface area (Å²) in [6.45, 7) is 1.89. The van der Waals surface area contributed by atoms with Crippen LogP contribution in [0.3, 0.4) is 0 Å². The van der Waals surface area contributed by atoms with Gasteiger partial charge in [-0.3, -0.25) is 0 Å². The lowest BCUT2D eigenvalue weighted by Crippen LogP contribution is -2.17. The molecule has 0 radical (unpaired) electrons. The molecule has 3 nitrogen and oxygen atoms in total. The first-order valence-electron chi connectivity index (χ1n) is 4.89. The number of hydrogen-bond acceptors (Lipinski definition) is 2. The predicted octanol–water partition coefficient (Wildman–Crippen LogP) is 3.86. The van der Waals surface area contributed by atoms with E-state index in [2.05, 4.69) is 4.98 Å². The van der Waals surface area contributed by atoms with Gasteiger partial charge < -0.3 is 10.2 Å². The van der Waals surface area contributed by atoms with Crippen LogP contribution in [0.25, 0.3) is 10.9 Å². The largest absolute Gasteiger partial charge is 0.361 e. The summed E-state index contributed by atoms with van der Waals surface area (Å²) in [6, 6.07) is 3.47. The van der Waals surface area contributed by atoms with Crippen LogP contribution in [-0.4, -0.2) is 22.3 Å².